The SMILES string of the molecule is C[C@H](NC(=O)/C=C/c1cc(Cl)ccc1-n1cnnn1)C(=O)Nc1ccc(NC(=O)O)cc1. The predicted molar refractivity (Wildman–Crippen MR) is 118 cm³/mol. The number of nitrogens with one attached hydrogen (secondary N) is 3. The van der Waals surface area contributed by atoms with Crippen LogP contribution >= 0.6 is 11.6 Å². The van der Waals surface area contributed by atoms with Crippen molar-refractivity contribution in [1.82, 2.24) is 25.5 Å². The molecule has 0 saturated carbocycles. The molecule has 4 N–H and O–H groups in total. The van der Waals surface area contributed by atoms with E-state index < -0.39 is 23.9 Å². The Balaban J connectivity index is 1.60. The summed E-state index contributed by atoms with van der Waals surface area (Å²) in [6.07, 6.45) is 3.04. The molecule has 3 rings (SSSR count). The van der Waals surface area contributed by atoms with Crippen LogP contribution in [-0.2, 0) is 9.59 Å². The van der Waals surface area contributed by atoms with E-state index in [1.54, 1.807) is 18.2 Å². The molecule has 12 heteroatoms. The number of amides is 3. The topological polar surface area (TPSA) is 151 Å². The molecule has 32 heavy (non-hydrogen) atoms. The van der Waals surface area contributed by atoms with E-state index in [2.05, 4.69) is 31.5 Å². The molecule has 1 atom stereocenters. The first kappa shape index (κ1) is 22.4. The number of aromatic nitrogens is 4. The van der Waals surface area contributed by atoms with E-state index in [0.717, 1.165) is 0 Å². The van der Waals surface area contributed by atoms with E-state index in [9.17, 15) is 14.4 Å². The molecule has 0 radical (unpaired) electrons. The van der Waals surface area contributed by atoms with Crippen molar-refractivity contribution in [3.63, 3.8) is 0 Å². The summed E-state index contributed by atoms with van der Waals surface area (Å²) in [6.45, 7) is 1.54. The minimum absolute atomic E-state index is 0.365. The Morgan fingerprint density at radius 2 is 1.78 bits per heavy atom. The Kier molecular flexibility index (Phi) is 7.13. The summed E-state index contributed by atoms with van der Waals surface area (Å²) in [5, 5.41) is 27.6. The van der Waals surface area contributed by atoms with Crippen LogP contribution in [0.4, 0.5) is 16.2 Å². The van der Waals surface area contributed by atoms with Gasteiger partial charge >= 0.3 is 6.09 Å². The Labute approximate surface area is 187 Å². The second kappa shape index (κ2) is 10.2. The van der Waals surface area contributed by atoms with Crippen molar-refractivity contribution < 1.29 is 19.5 Å². The average molecular weight is 456 g/mol. The summed E-state index contributed by atoms with van der Waals surface area (Å²) in [5.74, 6) is -0.931. The fourth-order valence-corrected chi connectivity index (χ4v) is 2.82. The second-order valence-corrected chi connectivity index (χ2v) is 6.95. The van der Waals surface area contributed by atoms with Gasteiger partial charge in [-0.25, -0.2) is 4.79 Å². The lowest BCUT2D eigenvalue weighted by molar-refractivity contribution is -0.123. The molecule has 0 aliphatic carbocycles. The van der Waals surface area contributed by atoms with Crippen LogP contribution in [0.1, 0.15) is 12.5 Å². The number of carbonyl (C=O) groups excluding carboxylic acids is 2. The van der Waals surface area contributed by atoms with Crippen LogP contribution in [0.15, 0.2) is 54.9 Å². The number of anilines is 2. The zero-order valence-corrected chi connectivity index (χ0v) is 17.4. The van der Waals surface area contributed by atoms with Crippen molar-refractivity contribution in [3.8, 4) is 5.69 Å². The van der Waals surface area contributed by atoms with E-state index in [-0.39, 0.29) is 0 Å². The number of tetrazole rings is 1. The first-order valence-electron chi connectivity index (χ1n) is 9.24. The molecule has 3 amide bonds. The van der Waals surface area contributed by atoms with Gasteiger partial charge < -0.3 is 15.7 Å². The third-order valence-electron chi connectivity index (χ3n) is 4.16. The summed E-state index contributed by atoms with van der Waals surface area (Å²) < 4.78 is 1.43. The molecule has 164 valence electrons. The molecule has 0 bridgehead atoms. The number of rotatable bonds is 7. The standard InChI is InChI=1S/C20H18ClN7O4/c1-12(19(30)24-15-4-6-16(7-5-15)25-20(31)32)23-18(29)9-2-13-10-14(21)3-8-17(13)28-11-22-26-27-28/h2-12,25H,1H3,(H,23,29)(H,24,30)(H,31,32)/b9-2+/t12-/m0/s1. The maximum atomic E-state index is 12.3. The first-order valence-corrected chi connectivity index (χ1v) is 9.62. The number of hydrogen-bond acceptors (Lipinski definition) is 6. The van der Waals surface area contributed by atoms with Crippen LogP contribution in [0.3, 0.4) is 0 Å². The Morgan fingerprint density at radius 3 is 2.41 bits per heavy atom. The molecule has 2 aromatic carbocycles. The van der Waals surface area contributed by atoms with Crippen molar-refractivity contribution in [3.05, 3.63) is 65.5 Å². The Bertz CT molecular complexity index is 1150. The molecule has 0 unspecified atom stereocenters. The lowest BCUT2D eigenvalue weighted by Gasteiger charge is -2.13. The summed E-state index contributed by atoms with van der Waals surface area (Å²) >= 11 is 6.05. The maximum absolute atomic E-state index is 12.3. The molecular formula is C20H18ClN7O4. The fraction of sp³-hybridized carbons (Fsp3) is 0.100. The number of carbonyl (C=O) groups is 3. The highest BCUT2D eigenvalue weighted by Gasteiger charge is 2.15. The van der Waals surface area contributed by atoms with E-state index in [4.69, 9.17) is 16.7 Å². The zero-order chi connectivity index (χ0) is 23.1. The van der Waals surface area contributed by atoms with E-state index in [1.807, 2.05) is 0 Å². The van der Waals surface area contributed by atoms with Gasteiger partial charge in [0, 0.05) is 28.0 Å². The van der Waals surface area contributed by atoms with Crippen molar-refractivity contribution >= 4 is 47.0 Å². The van der Waals surface area contributed by atoms with Gasteiger partial charge in [-0.15, -0.1) is 5.10 Å². The third kappa shape index (κ3) is 6.12. The highest BCUT2D eigenvalue weighted by Crippen LogP contribution is 2.20. The smallest absolute Gasteiger partial charge is 0.409 e. The lowest BCUT2D eigenvalue weighted by atomic mass is 10.1. The minimum Gasteiger partial charge on any atom is -0.465 e. The Morgan fingerprint density at radius 1 is 1.09 bits per heavy atom. The maximum Gasteiger partial charge on any atom is 0.409 e. The van der Waals surface area contributed by atoms with Crippen molar-refractivity contribution in [1.29, 1.82) is 0 Å². The van der Waals surface area contributed by atoms with Gasteiger partial charge in [-0.1, -0.05) is 11.6 Å². The summed E-state index contributed by atoms with van der Waals surface area (Å²) in [6, 6.07) is 10.3. The average Bonchev–Trinajstić information content (AvgIpc) is 3.28. The van der Waals surface area contributed by atoms with Crippen molar-refractivity contribution in [2.45, 2.75) is 13.0 Å². The molecule has 0 aliphatic heterocycles. The fourth-order valence-electron chi connectivity index (χ4n) is 2.64. The van der Waals surface area contributed by atoms with Gasteiger partial charge in [0.2, 0.25) is 11.8 Å². The molecule has 1 aromatic heterocycles. The monoisotopic (exact) mass is 455 g/mol. The van der Waals surface area contributed by atoms with Gasteiger partial charge in [0.25, 0.3) is 0 Å². The van der Waals surface area contributed by atoms with Gasteiger partial charge in [-0.2, -0.15) is 4.68 Å². The van der Waals surface area contributed by atoms with Crippen LogP contribution in [0, 0.1) is 0 Å². The van der Waals surface area contributed by atoms with Gasteiger partial charge in [-0.3, -0.25) is 14.9 Å². The zero-order valence-electron chi connectivity index (χ0n) is 16.7. The predicted octanol–water partition coefficient (Wildman–Crippen LogP) is 2.56. The van der Waals surface area contributed by atoms with Crippen LogP contribution in [0.2, 0.25) is 5.02 Å². The van der Waals surface area contributed by atoms with Gasteiger partial charge in [0.15, 0.2) is 0 Å². The van der Waals surface area contributed by atoms with E-state index in [0.29, 0.717) is 27.6 Å². The number of hydrogen-bond donors (Lipinski definition) is 4. The molecular weight excluding hydrogens is 438 g/mol. The van der Waals surface area contributed by atoms with Gasteiger partial charge in [0.05, 0.1) is 5.69 Å². The van der Waals surface area contributed by atoms with E-state index >= 15 is 0 Å². The molecule has 3 aromatic rings. The highest BCUT2D eigenvalue weighted by molar-refractivity contribution is 6.30. The first-order chi connectivity index (χ1) is 15.3. The van der Waals surface area contributed by atoms with Crippen molar-refractivity contribution in [2.75, 3.05) is 10.6 Å². The van der Waals surface area contributed by atoms with Gasteiger partial charge in [-0.05, 0) is 65.9 Å². The van der Waals surface area contributed by atoms with Crippen LogP contribution in [0.25, 0.3) is 11.8 Å². The molecule has 0 aliphatic rings. The summed E-state index contributed by atoms with van der Waals surface area (Å²) in [7, 11) is 0. The highest BCUT2D eigenvalue weighted by atomic mass is 35.5. The number of halogens is 1. The van der Waals surface area contributed by atoms with E-state index in [1.165, 1.54) is 54.4 Å². The third-order valence-corrected chi connectivity index (χ3v) is 4.39. The summed E-state index contributed by atoms with van der Waals surface area (Å²) in [5.41, 5.74) is 2.04. The van der Waals surface area contributed by atoms with Crippen molar-refractivity contribution in [2.24, 2.45) is 0 Å². The number of carboxylic acid groups (broad SMARTS) is 1. The van der Waals surface area contributed by atoms with Crippen LogP contribution < -0.4 is 16.0 Å². The quantitative estimate of drug-likeness (QED) is 0.399. The molecule has 1 heterocycles. The number of benzene rings is 2. The molecule has 0 saturated heterocycles. The second-order valence-electron chi connectivity index (χ2n) is 6.52. The largest absolute Gasteiger partial charge is 0.465 e. The number of nitrogens with zero attached hydrogens (tertiary/aromatic N) is 4. The minimum atomic E-state index is -1.19. The van der Waals surface area contributed by atoms with Gasteiger partial charge in [0.1, 0.15) is 12.4 Å². The normalized spacial score (nSPS) is 11.7. The molecule has 0 fully saturated rings. The lowest BCUT2D eigenvalue weighted by Crippen LogP contribution is -2.40. The van der Waals surface area contributed by atoms with Crippen LogP contribution in [0.5, 0.6) is 0 Å². The summed E-state index contributed by atoms with van der Waals surface area (Å²) in [4.78, 5) is 35.2. The Hall–Kier alpha value is -4.25. The molecule has 11 nitrogen and oxygen atoms in total. The molecule has 0 spiro atoms. The van der Waals surface area contributed by atoms with Crippen LogP contribution in [-0.4, -0.2) is 49.3 Å².